The van der Waals surface area contributed by atoms with E-state index in [1.807, 2.05) is 32.9 Å². The van der Waals surface area contributed by atoms with E-state index in [2.05, 4.69) is 0 Å². The summed E-state index contributed by atoms with van der Waals surface area (Å²) in [6, 6.07) is 11.1. The van der Waals surface area contributed by atoms with E-state index in [9.17, 15) is 14.7 Å². The summed E-state index contributed by atoms with van der Waals surface area (Å²) < 4.78 is 5.70. The SMILES string of the molecule is CCCCN1C(=O)C(=O)/C(=C(\O)c2ccc(Cl)c(Cl)c2)C1c1ccc(OC(C)C)cc1. The molecule has 1 saturated heterocycles. The monoisotopic (exact) mass is 461 g/mol. The fourth-order valence-corrected chi connectivity index (χ4v) is 3.88. The Bertz CT molecular complexity index is 1010. The third-order valence-corrected chi connectivity index (χ3v) is 5.79. The number of ether oxygens (including phenoxy) is 1. The molecule has 1 heterocycles. The molecule has 0 radical (unpaired) electrons. The van der Waals surface area contributed by atoms with Crippen LogP contribution in [0.5, 0.6) is 5.75 Å². The zero-order valence-corrected chi connectivity index (χ0v) is 19.2. The van der Waals surface area contributed by atoms with E-state index < -0.39 is 17.7 Å². The standard InChI is InChI=1S/C24H25Cl2NO4/c1-4-5-12-27-21(15-6-9-17(10-7-15)31-14(2)3)20(23(29)24(27)30)22(28)16-8-11-18(25)19(26)13-16/h6-11,13-14,21,28H,4-5,12H2,1-3H3/b22-20-. The van der Waals surface area contributed by atoms with E-state index in [0.29, 0.717) is 28.4 Å². The molecule has 0 aromatic heterocycles. The fourth-order valence-electron chi connectivity index (χ4n) is 3.59. The molecule has 1 fully saturated rings. The van der Waals surface area contributed by atoms with Gasteiger partial charge in [-0.1, -0.05) is 48.7 Å². The number of rotatable bonds is 7. The molecule has 2 aromatic carbocycles. The predicted octanol–water partition coefficient (Wildman–Crippen LogP) is 6.00. The number of halogens is 2. The van der Waals surface area contributed by atoms with Crippen LogP contribution in [0.1, 0.15) is 50.8 Å². The van der Waals surface area contributed by atoms with Crippen molar-refractivity contribution in [2.24, 2.45) is 0 Å². The predicted molar refractivity (Wildman–Crippen MR) is 123 cm³/mol. The topological polar surface area (TPSA) is 66.8 Å². The molecule has 7 heteroatoms. The second kappa shape index (κ2) is 9.75. The van der Waals surface area contributed by atoms with Crippen LogP contribution in [0.2, 0.25) is 10.0 Å². The second-order valence-electron chi connectivity index (χ2n) is 7.71. The highest BCUT2D eigenvalue weighted by atomic mass is 35.5. The van der Waals surface area contributed by atoms with Crippen molar-refractivity contribution < 1.29 is 19.4 Å². The summed E-state index contributed by atoms with van der Waals surface area (Å²) in [6.45, 7) is 6.29. The van der Waals surface area contributed by atoms with Crippen molar-refractivity contribution in [3.8, 4) is 5.75 Å². The Balaban J connectivity index is 2.11. The summed E-state index contributed by atoms with van der Waals surface area (Å²) >= 11 is 12.1. The van der Waals surface area contributed by atoms with Crippen molar-refractivity contribution in [2.75, 3.05) is 6.54 Å². The number of likely N-dealkylation sites (tertiary alicyclic amines) is 1. The van der Waals surface area contributed by atoms with Crippen LogP contribution in [-0.4, -0.2) is 34.3 Å². The largest absolute Gasteiger partial charge is 0.507 e. The van der Waals surface area contributed by atoms with Crippen LogP contribution < -0.4 is 4.74 Å². The number of benzene rings is 2. The number of aliphatic hydroxyl groups excluding tert-OH is 1. The Morgan fingerprint density at radius 1 is 1.10 bits per heavy atom. The first-order valence-corrected chi connectivity index (χ1v) is 11.0. The summed E-state index contributed by atoms with van der Waals surface area (Å²) in [7, 11) is 0. The Morgan fingerprint density at radius 2 is 1.77 bits per heavy atom. The molecule has 5 nitrogen and oxygen atoms in total. The lowest BCUT2D eigenvalue weighted by atomic mass is 9.95. The van der Waals surface area contributed by atoms with Gasteiger partial charge in [0.15, 0.2) is 0 Å². The Kier molecular flexibility index (Phi) is 7.29. The van der Waals surface area contributed by atoms with Gasteiger partial charge in [0.2, 0.25) is 0 Å². The lowest BCUT2D eigenvalue weighted by Crippen LogP contribution is -2.30. The molecular weight excluding hydrogens is 437 g/mol. The lowest BCUT2D eigenvalue weighted by molar-refractivity contribution is -0.139. The minimum atomic E-state index is -0.716. The van der Waals surface area contributed by atoms with Gasteiger partial charge >= 0.3 is 0 Å². The van der Waals surface area contributed by atoms with Gasteiger partial charge in [-0.3, -0.25) is 9.59 Å². The number of unbranched alkanes of at least 4 members (excludes halogenated alkanes) is 1. The highest BCUT2D eigenvalue weighted by molar-refractivity contribution is 6.46. The number of hydrogen-bond donors (Lipinski definition) is 1. The molecule has 0 bridgehead atoms. The van der Waals surface area contributed by atoms with Crippen LogP contribution in [0.3, 0.4) is 0 Å². The van der Waals surface area contributed by atoms with Gasteiger partial charge < -0.3 is 14.7 Å². The van der Waals surface area contributed by atoms with Gasteiger partial charge in [0, 0.05) is 12.1 Å². The smallest absolute Gasteiger partial charge is 0.295 e. The number of carbonyl (C=O) groups is 2. The van der Waals surface area contributed by atoms with Crippen molar-refractivity contribution in [3.05, 3.63) is 69.2 Å². The van der Waals surface area contributed by atoms with E-state index in [4.69, 9.17) is 27.9 Å². The average Bonchev–Trinajstić information content (AvgIpc) is 2.98. The van der Waals surface area contributed by atoms with Crippen molar-refractivity contribution in [3.63, 3.8) is 0 Å². The maximum absolute atomic E-state index is 12.9. The number of Topliss-reactive ketones (excluding diaryl/α,β-unsaturated/α-hetero) is 1. The quantitative estimate of drug-likeness (QED) is 0.311. The van der Waals surface area contributed by atoms with Gasteiger partial charge in [-0.2, -0.15) is 0 Å². The molecule has 3 rings (SSSR count). The van der Waals surface area contributed by atoms with Crippen LogP contribution in [0.15, 0.2) is 48.0 Å². The Hall–Kier alpha value is -2.50. The number of aliphatic hydroxyl groups is 1. The summed E-state index contributed by atoms with van der Waals surface area (Å²) in [4.78, 5) is 27.3. The summed E-state index contributed by atoms with van der Waals surface area (Å²) in [5, 5.41) is 11.6. The number of nitrogens with zero attached hydrogens (tertiary/aromatic N) is 1. The second-order valence-corrected chi connectivity index (χ2v) is 8.52. The first-order chi connectivity index (χ1) is 14.7. The van der Waals surface area contributed by atoms with Crippen molar-refractivity contribution in [1.82, 2.24) is 4.90 Å². The minimum absolute atomic E-state index is 0.0238. The summed E-state index contributed by atoms with van der Waals surface area (Å²) in [6.07, 6.45) is 1.63. The Morgan fingerprint density at radius 3 is 2.35 bits per heavy atom. The van der Waals surface area contributed by atoms with Gasteiger partial charge in [0.05, 0.1) is 27.8 Å². The van der Waals surface area contributed by atoms with Gasteiger partial charge in [0.25, 0.3) is 11.7 Å². The molecule has 0 saturated carbocycles. The van der Waals surface area contributed by atoms with Crippen LogP contribution in [0.25, 0.3) is 5.76 Å². The molecular formula is C24H25Cl2NO4. The molecule has 1 amide bonds. The molecule has 1 unspecified atom stereocenters. The van der Waals surface area contributed by atoms with Crippen LogP contribution >= 0.6 is 23.2 Å². The maximum Gasteiger partial charge on any atom is 0.295 e. The van der Waals surface area contributed by atoms with Crippen molar-refractivity contribution in [2.45, 2.75) is 45.8 Å². The van der Waals surface area contributed by atoms with Crippen molar-refractivity contribution in [1.29, 1.82) is 0 Å². The molecule has 1 aliphatic heterocycles. The van der Waals surface area contributed by atoms with E-state index in [1.165, 1.54) is 11.0 Å². The normalized spacial score (nSPS) is 18.1. The summed E-state index contributed by atoms with van der Waals surface area (Å²) in [5.74, 6) is -0.924. The molecule has 1 N–H and O–H groups in total. The fraction of sp³-hybridized carbons (Fsp3) is 0.333. The van der Waals surface area contributed by atoms with Crippen LogP contribution in [0.4, 0.5) is 0 Å². The third-order valence-electron chi connectivity index (χ3n) is 5.05. The number of ketones is 1. The molecule has 1 aliphatic rings. The van der Waals surface area contributed by atoms with Gasteiger partial charge in [-0.25, -0.2) is 0 Å². The zero-order chi connectivity index (χ0) is 22.7. The zero-order valence-electron chi connectivity index (χ0n) is 17.7. The van der Waals surface area contributed by atoms with E-state index in [1.54, 1.807) is 24.3 Å². The molecule has 2 aromatic rings. The number of carbonyl (C=O) groups excluding carboxylic acids is 2. The minimum Gasteiger partial charge on any atom is -0.507 e. The summed E-state index contributed by atoms with van der Waals surface area (Å²) in [5.41, 5.74) is 1.08. The van der Waals surface area contributed by atoms with E-state index in [0.717, 1.165) is 12.8 Å². The van der Waals surface area contributed by atoms with Gasteiger partial charge in [-0.15, -0.1) is 0 Å². The molecule has 0 spiro atoms. The first kappa shape index (κ1) is 23.2. The highest BCUT2D eigenvalue weighted by Crippen LogP contribution is 2.40. The Labute approximate surface area is 192 Å². The van der Waals surface area contributed by atoms with E-state index >= 15 is 0 Å². The maximum atomic E-state index is 12.9. The van der Waals surface area contributed by atoms with Crippen molar-refractivity contribution >= 4 is 40.7 Å². The molecule has 1 atom stereocenters. The number of amides is 1. The van der Waals surface area contributed by atoms with Gasteiger partial charge in [0.1, 0.15) is 11.5 Å². The van der Waals surface area contributed by atoms with Gasteiger partial charge in [-0.05, 0) is 56.2 Å². The highest BCUT2D eigenvalue weighted by Gasteiger charge is 2.45. The average molecular weight is 462 g/mol. The number of hydrogen-bond acceptors (Lipinski definition) is 4. The van der Waals surface area contributed by atoms with Crippen LogP contribution in [-0.2, 0) is 9.59 Å². The van der Waals surface area contributed by atoms with E-state index in [-0.39, 0.29) is 22.5 Å². The lowest BCUT2D eigenvalue weighted by Gasteiger charge is -2.25. The molecule has 0 aliphatic carbocycles. The third kappa shape index (κ3) is 4.89. The van der Waals surface area contributed by atoms with Crippen LogP contribution in [0, 0.1) is 0 Å². The molecule has 164 valence electrons. The first-order valence-electron chi connectivity index (χ1n) is 10.2. The molecule has 31 heavy (non-hydrogen) atoms.